The standard InChI is InChI=1S/C4H10O.CCl4/c1-3-5-4-2;2-1(3,4)5/h3-4H2,1-2H3;. The van der Waals surface area contributed by atoms with Crippen LogP contribution in [0.15, 0.2) is 0 Å². The van der Waals surface area contributed by atoms with Gasteiger partial charge in [-0.1, -0.05) is 46.4 Å². The van der Waals surface area contributed by atoms with Gasteiger partial charge in [-0.25, -0.2) is 0 Å². The molecule has 5 heteroatoms. The van der Waals surface area contributed by atoms with E-state index in [4.69, 9.17) is 51.1 Å². The normalized spacial score (nSPS) is 10.2. The van der Waals surface area contributed by atoms with Crippen molar-refractivity contribution >= 4 is 46.4 Å². The zero-order valence-electron chi connectivity index (χ0n) is 5.83. The lowest BCUT2D eigenvalue weighted by molar-refractivity contribution is 0.162. The molecule has 0 N–H and O–H groups in total. The molecular weight excluding hydrogens is 218 g/mol. The highest BCUT2D eigenvalue weighted by atomic mass is 35.6. The molecule has 0 heterocycles. The van der Waals surface area contributed by atoms with Gasteiger partial charge in [-0.2, -0.15) is 0 Å². The van der Waals surface area contributed by atoms with Crippen LogP contribution in [-0.2, 0) is 4.74 Å². The first-order valence-electron chi connectivity index (χ1n) is 2.75. The van der Waals surface area contributed by atoms with Gasteiger partial charge in [0.1, 0.15) is 0 Å². The molecule has 1 nitrogen and oxygen atoms in total. The summed E-state index contributed by atoms with van der Waals surface area (Å²) in [4.78, 5) is 0. The Morgan fingerprint density at radius 3 is 1.20 bits per heavy atom. The minimum absolute atomic E-state index is 0.844. The summed E-state index contributed by atoms with van der Waals surface area (Å²) in [5, 5.41) is 0. The number of rotatable bonds is 2. The van der Waals surface area contributed by atoms with E-state index < -0.39 is 3.25 Å². The van der Waals surface area contributed by atoms with Gasteiger partial charge in [0.2, 0.25) is 0 Å². The topological polar surface area (TPSA) is 9.23 Å². The Kier molecular flexibility index (Phi) is 11.3. The molecule has 0 amide bonds. The minimum atomic E-state index is -1.61. The Morgan fingerprint density at radius 1 is 1.00 bits per heavy atom. The van der Waals surface area contributed by atoms with Gasteiger partial charge in [-0.3, -0.25) is 0 Å². The summed E-state index contributed by atoms with van der Waals surface area (Å²) >= 11 is 19.3. The van der Waals surface area contributed by atoms with Crippen molar-refractivity contribution in [3.8, 4) is 0 Å². The van der Waals surface area contributed by atoms with E-state index in [9.17, 15) is 0 Å². The molecule has 0 saturated heterocycles. The van der Waals surface area contributed by atoms with Crippen LogP contribution >= 0.6 is 46.4 Å². The summed E-state index contributed by atoms with van der Waals surface area (Å²) in [5.41, 5.74) is 0. The lowest BCUT2D eigenvalue weighted by Crippen LogP contribution is -1.84. The second kappa shape index (κ2) is 8.22. The van der Waals surface area contributed by atoms with Crippen molar-refractivity contribution in [3.63, 3.8) is 0 Å². The van der Waals surface area contributed by atoms with Crippen LogP contribution in [0.4, 0.5) is 0 Å². The van der Waals surface area contributed by atoms with Gasteiger partial charge in [-0.15, -0.1) is 0 Å². The van der Waals surface area contributed by atoms with E-state index >= 15 is 0 Å². The number of alkyl halides is 4. The van der Waals surface area contributed by atoms with Gasteiger partial charge in [0.25, 0.3) is 3.25 Å². The molecule has 0 aliphatic carbocycles. The highest BCUT2D eigenvalue weighted by Crippen LogP contribution is 2.29. The second-order valence-corrected chi connectivity index (χ2v) is 4.64. The molecular formula is C5H10Cl4O. The van der Waals surface area contributed by atoms with Crippen molar-refractivity contribution in [2.45, 2.75) is 17.1 Å². The van der Waals surface area contributed by atoms with Crippen LogP contribution in [0.2, 0.25) is 0 Å². The fraction of sp³-hybridized carbons (Fsp3) is 1.00. The average Bonchev–Trinajstić information content (AvgIpc) is 1.63. The van der Waals surface area contributed by atoms with Gasteiger partial charge in [-0.05, 0) is 13.8 Å². The molecule has 0 aromatic rings. The van der Waals surface area contributed by atoms with Gasteiger partial charge >= 0.3 is 0 Å². The van der Waals surface area contributed by atoms with Crippen LogP contribution in [0.1, 0.15) is 13.8 Å². The van der Waals surface area contributed by atoms with Crippen molar-refractivity contribution in [2.75, 3.05) is 13.2 Å². The van der Waals surface area contributed by atoms with E-state index in [0.717, 1.165) is 13.2 Å². The number of hydrogen-bond acceptors (Lipinski definition) is 1. The van der Waals surface area contributed by atoms with Crippen LogP contribution in [0.5, 0.6) is 0 Å². The second-order valence-electron chi connectivity index (χ2n) is 1.21. The monoisotopic (exact) mass is 226 g/mol. The maximum Gasteiger partial charge on any atom is 0.266 e. The Labute approximate surface area is 81.5 Å². The van der Waals surface area contributed by atoms with Crippen LogP contribution in [0.3, 0.4) is 0 Å². The fourth-order valence-electron chi connectivity index (χ4n) is 0.204. The number of halogens is 4. The first-order chi connectivity index (χ1) is 4.41. The quantitative estimate of drug-likeness (QED) is 0.656. The van der Waals surface area contributed by atoms with Crippen LogP contribution in [-0.4, -0.2) is 16.5 Å². The lowest BCUT2D eigenvalue weighted by Gasteiger charge is -1.91. The highest BCUT2D eigenvalue weighted by Gasteiger charge is 2.11. The fourth-order valence-corrected chi connectivity index (χ4v) is 0.204. The molecule has 0 radical (unpaired) electrons. The summed E-state index contributed by atoms with van der Waals surface area (Å²) in [6, 6.07) is 0. The van der Waals surface area contributed by atoms with Crippen molar-refractivity contribution in [1.29, 1.82) is 0 Å². The van der Waals surface area contributed by atoms with Crippen molar-refractivity contribution in [1.82, 2.24) is 0 Å². The van der Waals surface area contributed by atoms with Crippen LogP contribution in [0.25, 0.3) is 0 Å². The largest absolute Gasteiger partial charge is 0.382 e. The Balaban J connectivity index is 0. The third kappa shape index (κ3) is 61.8. The van der Waals surface area contributed by atoms with E-state index in [1.807, 2.05) is 13.8 Å². The molecule has 0 spiro atoms. The molecule has 0 aliphatic heterocycles. The third-order valence-electron chi connectivity index (χ3n) is 0.408. The highest BCUT2D eigenvalue weighted by molar-refractivity contribution is 6.83. The summed E-state index contributed by atoms with van der Waals surface area (Å²) < 4.78 is 3.22. The molecule has 0 bridgehead atoms. The molecule has 10 heavy (non-hydrogen) atoms. The van der Waals surface area contributed by atoms with Crippen molar-refractivity contribution in [3.05, 3.63) is 0 Å². The van der Waals surface area contributed by atoms with Crippen LogP contribution < -0.4 is 0 Å². The summed E-state index contributed by atoms with van der Waals surface area (Å²) in [7, 11) is 0. The average molecular weight is 228 g/mol. The van der Waals surface area contributed by atoms with Gasteiger partial charge in [0.05, 0.1) is 0 Å². The van der Waals surface area contributed by atoms with Gasteiger partial charge in [0, 0.05) is 13.2 Å². The van der Waals surface area contributed by atoms with E-state index in [-0.39, 0.29) is 0 Å². The Morgan fingerprint density at radius 2 is 1.20 bits per heavy atom. The maximum absolute atomic E-state index is 4.83. The molecule has 64 valence electrons. The van der Waals surface area contributed by atoms with E-state index in [1.165, 1.54) is 0 Å². The predicted octanol–water partition coefficient (Wildman–Crippen LogP) is 3.60. The number of ether oxygens (including phenoxy) is 1. The zero-order chi connectivity index (χ0) is 8.62. The Bertz CT molecular complexity index is 53.2. The smallest absolute Gasteiger partial charge is 0.266 e. The molecule has 0 fully saturated rings. The third-order valence-corrected chi connectivity index (χ3v) is 0.408. The first kappa shape index (κ1) is 13.7. The summed E-state index contributed by atoms with van der Waals surface area (Å²) in [6.45, 7) is 5.67. The number of hydrogen-bond donors (Lipinski definition) is 0. The molecule has 0 atom stereocenters. The molecule has 0 unspecified atom stereocenters. The zero-order valence-corrected chi connectivity index (χ0v) is 8.86. The summed E-state index contributed by atoms with van der Waals surface area (Å²) in [5.74, 6) is 0. The molecule has 0 saturated carbocycles. The lowest BCUT2D eigenvalue weighted by atomic mass is 10.8. The van der Waals surface area contributed by atoms with Crippen molar-refractivity contribution < 1.29 is 4.74 Å². The predicted molar refractivity (Wildman–Crippen MR) is 48.3 cm³/mol. The van der Waals surface area contributed by atoms with E-state index in [1.54, 1.807) is 0 Å². The maximum atomic E-state index is 4.83. The first-order valence-corrected chi connectivity index (χ1v) is 4.26. The van der Waals surface area contributed by atoms with Gasteiger partial charge < -0.3 is 4.74 Å². The molecule has 0 aromatic carbocycles. The van der Waals surface area contributed by atoms with E-state index in [0.29, 0.717) is 0 Å². The minimum Gasteiger partial charge on any atom is -0.382 e. The molecule has 0 aromatic heterocycles. The van der Waals surface area contributed by atoms with Gasteiger partial charge in [0.15, 0.2) is 0 Å². The summed E-state index contributed by atoms with van der Waals surface area (Å²) in [6.07, 6.45) is 0. The van der Waals surface area contributed by atoms with E-state index in [2.05, 4.69) is 0 Å². The molecule has 0 aliphatic rings. The van der Waals surface area contributed by atoms with Crippen LogP contribution in [0, 0.1) is 0 Å². The molecule has 0 rings (SSSR count). The SMILES string of the molecule is CCOCC.ClC(Cl)(Cl)Cl. The Hall–Kier alpha value is 1.12. The van der Waals surface area contributed by atoms with Crippen molar-refractivity contribution in [2.24, 2.45) is 0 Å².